The zero-order valence-corrected chi connectivity index (χ0v) is 16.7. The summed E-state index contributed by atoms with van der Waals surface area (Å²) in [6.45, 7) is 2.79. The molecule has 1 saturated heterocycles. The number of carboxylic acids is 1. The predicted octanol–water partition coefficient (Wildman–Crippen LogP) is 3.69. The van der Waals surface area contributed by atoms with Gasteiger partial charge in [-0.1, -0.05) is 19.4 Å². The van der Waals surface area contributed by atoms with Crippen LogP contribution in [-0.2, 0) is 11.2 Å². The molecule has 2 atom stereocenters. The number of rotatable bonds is 7. The molecule has 2 heterocycles. The van der Waals surface area contributed by atoms with Crippen LogP contribution in [0.1, 0.15) is 49.0 Å². The number of carboxylic acid groups (broad SMARTS) is 1. The molecule has 6 nitrogen and oxygen atoms in total. The van der Waals surface area contributed by atoms with Gasteiger partial charge in [0.2, 0.25) is 0 Å². The van der Waals surface area contributed by atoms with E-state index in [1.54, 1.807) is 14.2 Å². The molecule has 1 aromatic heterocycles. The van der Waals surface area contributed by atoms with Crippen LogP contribution in [0.4, 0.5) is 0 Å². The van der Waals surface area contributed by atoms with Gasteiger partial charge >= 0.3 is 5.97 Å². The molecule has 1 N–H and O–H groups in total. The average Bonchev–Trinajstić information content (AvgIpc) is 2.74. The SMILES string of the molecule is CCc1ccc(C(c2ccc(OC)cc2OC)N2CCCCC2C(=O)O)nc1. The number of hydrogen-bond acceptors (Lipinski definition) is 5. The molecule has 0 saturated carbocycles. The zero-order chi connectivity index (χ0) is 20.1. The summed E-state index contributed by atoms with van der Waals surface area (Å²) in [4.78, 5) is 18.7. The molecule has 0 bridgehead atoms. The number of methoxy groups -OCH3 is 2. The summed E-state index contributed by atoms with van der Waals surface area (Å²) in [6, 6.07) is 8.89. The van der Waals surface area contributed by atoms with E-state index < -0.39 is 12.0 Å². The molecular formula is C22H28N2O4. The predicted molar refractivity (Wildman–Crippen MR) is 107 cm³/mol. The summed E-state index contributed by atoms with van der Waals surface area (Å²) in [5.41, 5.74) is 2.87. The molecule has 1 aromatic carbocycles. The highest BCUT2D eigenvalue weighted by atomic mass is 16.5. The number of nitrogens with zero attached hydrogens (tertiary/aromatic N) is 2. The molecule has 0 aliphatic carbocycles. The smallest absolute Gasteiger partial charge is 0.320 e. The van der Waals surface area contributed by atoms with Gasteiger partial charge in [-0.2, -0.15) is 0 Å². The Kier molecular flexibility index (Phi) is 6.52. The van der Waals surface area contributed by atoms with Crippen molar-refractivity contribution in [1.29, 1.82) is 0 Å². The molecule has 0 radical (unpaired) electrons. The van der Waals surface area contributed by atoms with Gasteiger partial charge in [0.05, 0.1) is 26.0 Å². The molecule has 28 heavy (non-hydrogen) atoms. The number of hydrogen-bond donors (Lipinski definition) is 1. The van der Waals surface area contributed by atoms with Crippen molar-refractivity contribution in [2.24, 2.45) is 0 Å². The highest BCUT2D eigenvalue weighted by Crippen LogP contribution is 2.39. The van der Waals surface area contributed by atoms with Crippen LogP contribution in [0.15, 0.2) is 36.5 Å². The van der Waals surface area contributed by atoms with Gasteiger partial charge in [0, 0.05) is 17.8 Å². The van der Waals surface area contributed by atoms with Gasteiger partial charge < -0.3 is 14.6 Å². The van der Waals surface area contributed by atoms with E-state index in [1.165, 1.54) is 0 Å². The van der Waals surface area contributed by atoms with Crippen LogP contribution in [-0.4, -0.2) is 47.8 Å². The molecule has 0 amide bonds. The Morgan fingerprint density at radius 3 is 2.68 bits per heavy atom. The monoisotopic (exact) mass is 384 g/mol. The minimum Gasteiger partial charge on any atom is -0.497 e. The van der Waals surface area contributed by atoms with Crippen LogP contribution < -0.4 is 9.47 Å². The quantitative estimate of drug-likeness (QED) is 0.785. The fourth-order valence-electron chi connectivity index (χ4n) is 3.89. The standard InChI is InChI=1S/C22H28N2O4/c1-4-15-8-11-18(23-14-15)21(24-12-6-5-7-19(24)22(25)26)17-10-9-16(27-2)13-20(17)28-3/h8-11,13-14,19,21H,4-7,12H2,1-3H3,(H,25,26). The Balaban J connectivity index is 2.12. The Labute approximate surface area is 166 Å². The van der Waals surface area contributed by atoms with E-state index in [1.807, 2.05) is 35.4 Å². The molecule has 2 unspecified atom stereocenters. The second kappa shape index (κ2) is 9.06. The molecule has 2 aromatic rings. The lowest BCUT2D eigenvalue weighted by molar-refractivity contribution is -0.145. The van der Waals surface area contributed by atoms with Crippen LogP contribution in [0.25, 0.3) is 0 Å². The van der Waals surface area contributed by atoms with Crippen LogP contribution >= 0.6 is 0 Å². The van der Waals surface area contributed by atoms with E-state index >= 15 is 0 Å². The third kappa shape index (κ3) is 4.12. The van der Waals surface area contributed by atoms with Crippen molar-refractivity contribution in [3.8, 4) is 11.5 Å². The van der Waals surface area contributed by atoms with Gasteiger partial charge in [-0.3, -0.25) is 14.7 Å². The number of ether oxygens (including phenoxy) is 2. The third-order valence-electron chi connectivity index (χ3n) is 5.43. The van der Waals surface area contributed by atoms with Gasteiger partial charge in [0.15, 0.2) is 0 Å². The number of likely N-dealkylation sites (tertiary alicyclic amines) is 1. The minimum atomic E-state index is -0.789. The Morgan fingerprint density at radius 1 is 1.25 bits per heavy atom. The Morgan fingerprint density at radius 2 is 2.07 bits per heavy atom. The molecule has 6 heteroatoms. The van der Waals surface area contributed by atoms with E-state index in [9.17, 15) is 9.90 Å². The lowest BCUT2D eigenvalue weighted by atomic mass is 9.93. The third-order valence-corrected chi connectivity index (χ3v) is 5.43. The molecule has 150 valence electrons. The number of aliphatic carboxylic acids is 1. The average molecular weight is 384 g/mol. The lowest BCUT2D eigenvalue weighted by Crippen LogP contribution is -2.47. The molecular weight excluding hydrogens is 356 g/mol. The number of carbonyl (C=O) groups is 1. The second-order valence-electron chi connectivity index (χ2n) is 7.04. The first-order chi connectivity index (χ1) is 13.6. The minimum absolute atomic E-state index is 0.298. The van der Waals surface area contributed by atoms with Crippen molar-refractivity contribution in [2.45, 2.75) is 44.7 Å². The van der Waals surface area contributed by atoms with Crippen molar-refractivity contribution >= 4 is 5.97 Å². The Hall–Kier alpha value is -2.60. The van der Waals surface area contributed by atoms with Crippen molar-refractivity contribution in [2.75, 3.05) is 20.8 Å². The van der Waals surface area contributed by atoms with E-state index in [0.717, 1.165) is 36.1 Å². The van der Waals surface area contributed by atoms with E-state index in [4.69, 9.17) is 14.5 Å². The van der Waals surface area contributed by atoms with Crippen molar-refractivity contribution in [3.63, 3.8) is 0 Å². The summed E-state index contributed by atoms with van der Waals surface area (Å²) in [7, 11) is 3.23. The van der Waals surface area contributed by atoms with E-state index in [0.29, 0.717) is 24.5 Å². The summed E-state index contributed by atoms with van der Waals surface area (Å²) in [5, 5.41) is 9.83. The van der Waals surface area contributed by atoms with Crippen molar-refractivity contribution in [3.05, 3.63) is 53.3 Å². The van der Waals surface area contributed by atoms with Crippen LogP contribution in [0.5, 0.6) is 11.5 Å². The molecule has 3 rings (SSSR count). The normalized spacial score (nSPS) is 18.5. The fourth-order valence-corrected chi connectivity index (χ4v) is 3.89. The van der Waals surface area contributed by atoms with Crippen molar-refractivity contribution in [1.82, 2.24) is 9.88 Å². The summed E-state index contributed by atoms with van der Waals surface area (Å²) in [5.74, 6) is 0.574. The van der Waals surface area contributed by atoms with Gasteiger partial charge in [0.1, 0.15) is 17.5 Å². The van der Waals surface area contributed by atoms with Gasteiger partial charge in [-0.05, 0) is 49.6 Å². The first-order valence-electron chi connectivity index (χ1n) is 9.74. The summed E-state index contributed by atoms with van der Waals surface area (Å²) >= 11 is 0. The van der Waals surface area contributed by atoms with Gasteiger partial charge in [-0.25, -0.2) is 0 Å². The maximum atomic E-state index is 12.0. The Bertz CT molecular complexity index is 807. The number of benzene rings is 1. The molecule has 0 spiro atoms. The number of aromatic nitrogens is 1. The maximum absolute atomic E-state index is 12.0. The number of aryl methyl sites for hydroxylation is 1. The van der Waals surface area contributed by atoms with E-state index in [2.05, 4.69) is 13.0 Å². The first-order valence-corrected chi connectivity index (χ1v) is 9.74. The van der Waals surface area contributed by atoms with E-state index in [-0.39, 0.29) is 6.04 Å². The van der Waals surface area contributed by atoms with Crippen LogP contribution in [0.3, 0.4) is 0 Å². The van der Waals surface area contributed by atoms with Gasteiger partial charge in [0.25, 0.3) is 0 Å². The highest BCUT2D eigenvalue weighted by molar-refractivity contribution is 5.73. The number of pyridine rings is 1. The molecule has 1 aliphatic heterocycles. The summed E-state index contributed by atoms with van der Waals surface area (Å²) < 4.78 is 11.0. The topological polar surface area (TPSA) is 71.9 Å². The largest absolute Gasteiger partial charge is 0.497 e. The van der Waals surface area contributed by atoms with Crippen molar-refractivity contribution < 1.29 is 19.4 Å². The molecule has 1 aliphatic rings. The zero-order valence-electron chi connectivity index (χ0n) is 16.7. The fraction of sp³-hybridized carbons (Fsp3) is 0.455. The van der Waals surface area contributed by atoms with Crippen LogP contribution in [0.2, 0.25) is 0 Å². The highest BCUT2D eigenvalue weighted by Gasteiger charge is 2.37. The van der Waals surface area contributed by atoms with Crippen LogP contribution in [0, 0.1) is 0 Å². The lowest BCUT2D eigenvalue weighted by Gasteiger charge is -2.39. The molecule has 1 fully saturated rings. The first kappa shape index (κ1) is 20.1. The maximum Gasteiger partial charge on any atom is 0.320 e. The second-order valence-corrected chi connectivity index (χ2v) is 7.04. The van der Waals surface area contributed by atoms with Gasteiger partial charge in [-0.15, -0.1) is 0 Å². The number of piperidine rings is 1. The summed E-state index contributed by atoms with van der Waals surface area (Å²) in [6.07, 6.45) is 5.30.